The van der Waals surface area contributed by atoms with Crippen LogP contribution in [0.25, 0.3) is 0 Å². The maximum Gasteiger partial charge on any atom is 0.435 e. The van der Waals surface area contributed by atoms with E-state index in [-0.39, 0.29) is 13.2 Å². The molecule has 21 heavy (non-hydrogen) atoms. The molecule has 0 fully saturated rings. The Morgan fingerprint density at radius 3 is 2.62 bits per heavy atom. The lowest BCUT2D eigenvalue weighted by molar-refractivity contribution is 0.148. The predicted molar refractivity (Wildman–Crippen MR) is 75.2 cm³/mol. The summed E-state index contributed by atoms with van der Waals surface area (Å²) in [4.78, 5) is 23.6. The van der Waals surface area contributed by atoms with Crippen LogP contribution < -0.4 is 10.6 Å². The second-order valence-electron chi connectivity index (χ2n) is 5.11. The molecule has 1 aliphatic rings. The maximum atomic E-state index is 12.0. The van der Waals surface area contributed by atoms with Crippen molar-refractivity contribution in [2.75, 3.05) is 18.5 Å². The summed E-state index contributed by atoms with van der Waals surface area (Å²) >= 11 is 0. The number of aromatic nitrogens is 2. The molecule has 0 radical (unpaired) electrons. The van der Waals surface area contributed by atoms with Crippen LogP contribution in [0.5, 0.6) is 0 Å². The van der Waals surface area contributed by atoms with E-state index in [9.17, 15) is 9.59 Å². The number of carbonyl (C=O) groups excluding carboxylic acids is 2. The summed E-state index contributed by atoms with van der Waals surface area (Å²) in [7, 11) is 0. The third-order valence-corrected chi connectivity index (χ3v) is 3.22. The quantitative estimate of drug-likeness (QED) is 0.883. The standard InChI is InChI=1S/C13H20N4O4/c1-5-20-11(18)15-10-8-7-14-13(3,4)9(8)17(16-10)12(19)21-6-2/h14H,5-7H2,1-4H3,(H,15,16,18). The van der Waals surface area contributed by atoms with Gasteiger partial charge in [0.15, 0.2) is 5.82 Å². The van der Waals surface area contributed by atoms with E-state index in [0.717, 1.165) is 5.56 Å². The molecule has 8 heteroatoms. The molecule has 0 spiro atoms. The monoisotopic (exact) mass is 296 g/mol. The fourth-order valence-electron chi connectivity index (χ4n) is 2.33. The van der Waals surface area contributed by atoms with Crippen molar-refractivity contribution in [1.29, 1.82) is 0 Å². The molecule has 0 aliphatic carbocycles. The second-order valence-corrected chi connectivity index (χ2v) is 5.11. The van der Waals surface area contributed by atoms with Gasteiger partial charge in [0.25, 0.3) is 0 Å². The molecule has 1 aromatic rings. The Labute approximate surface area is 122 Å². The molecule has 0 unspecified atom stereocenters. The van der Waals surface area contributed by atoms with E-state index >= 15 is 0 Å². The number of hydrogen-bond acceptors (Lipinski definition) is 6. The summed E-state index contributed by atoms with van der Waals surface area (Å²) < 4.78 is 11.0. The molecular formula is C13H20N4O4. The predicted octanol–water partition coefficient (Wildman–Crippen LogP) is 1.79. The number of ether oxygens (including phenoxy) is 2. The number of carbonyl (C=O) groups is 2. The van der Waals surface area contributed by atoms with Crippen molar-refractivity contribution in [1.82, 2.24) is 15.1 Å². The van der Waals surface area contributed by atoms with E-state index in [1.165, 1.54) is 4.68 Å². The molecule has 8 nitrogen and oxygen atoms in total. The van der Waals surface area contributed by atoms with Gasteiger partial charge >= 0.3 is 12.2 Å². The van der Waals surface area contributed by atoms with Crippen molar-refractivity contribution in [3.63, 3.8) is 0 Å². The summed E-state index contributed by atoms with van der Waals surface area (Å²) in [6.45, 7) is 8.32. The SMILES string of the molecule is CCOC(=O)Nc1nn(C(=O)OCC)c2c1CNC2(C)C. The number of nitrogens with zero attached hydrogens (tertiary/aromatic N) is 2. The van der Waals surface area contributed by atoms with Crippen molar-refractivity contribution in [2.24, 2.45) is 0 Å². The molecule has 0 saturated carbocycles. The van der Waals surface area contributed by atoms with E-state index in [4.69, 9.17) is 9.47 Å². The minimum atomic E-state index is -0.599. The Morgan fingerprint density at radius 1 is 1.33 bits per heavy atom. The van der Waals surface area contributed by atoms with Crippen molar-refractivity contribution < 1.29 is 19.1 Å². The van der Waals surface area contributed by atoms with Crippen molar-refractivity contribution in [3.8, 4) is 0 Å². The summed E-state index contributed by atoms with van der Waals surface area (Å²) in [5.74, 6) is 0.314. The second kappa shape index (κ2) is 5.72. The Kier molecular flexibility index (Phi) is 4.17. The van der Waals surface area contributed by atoms with Crippen LogP contribution in [0.1, 0.15) is 39.0 Å². The van der Waals surface area contributed by atoms with Gasteiger partial charge in [0.2, 0.25) is 0 Å². The first-order valence-corrected chi connectivity index (χ1v) is 6.89. The van der Waals surface area contributed by atoms with Crippen LogP contribution in [0.15, 0.2) is 0 Å². The molecule has 0 atom stereocenters. The summed E-state index contributed by atoms with van der Waals surface area (Å²) in [5, 5.41) is 9.98. The van der Waals surface area contributed by atoms with Gasteiger partial charge in [-0.3, -0.25) is 5.32 Å². The summed E-state index contributed by atoms with van der Waals surface area (Å²) in [6, 6.07) is 0. The van der Waals surface area contributed by atoms with Gasteiger partial charge in [0.05, 0.1) is 24.4 Å². The molecule has 0 bridgehead atoms. The first kappa shape index (κ1) is 15.3. The molecule has 1 aromatic heterocycles. The Bertz CT molecular complexity index is 565. The fourth-order valence-corrected chi connectivity index (χ4v) is 2.33. The van der Waals surface area contributed by atoms with Gasteiger partial charge in [-0.05, 0) is 27.7 Å². The van der Waals surface area contributed by atoms with Crippen LogP contribution in [0.3, 0.4) is 0 Å². The molecule has 2 rings (SSSR count). The van der Waals surface area contributed by atoms with Crippen LogP contribution >= 0.6 is 0 Å². The van der Waals surface area contributed by atoms with E-state index in [1.807, 2.05) is 13.8 Å². The molecule has 2 heterocycles. The third kappa shape index (κ3) is 2.85. The number of hydrogen-bond donors (Lipinski definition) is 2. The van der Waals surface area contributed by atoms with Crippen LogP contribution in [0.4, 0.5) is 15.4 Å². The Balaban J connectivity index is 2.39. The van der Waals surface area contributed by atoms with Gasteiger partial charge in [-0.1, -0.05) is 0 Å². The Morgan fingerprint density at radius 2 is 2.00 bits per heavy atom. The largest absolute Gasteiger partial charge is 0.450 e. The lowest BCUT2D eigenvalue weighted by Gasteiger charge is -2.20. The van der Waals surface area contributed by atoms with Gasteiger partial charge < -0.3 is 14.8 Å². The normalized spacial score (nSPS) is 15.4. The molecule has 2 N–H and O–H groups in total. The third-order valence-electron chi connectivity index (χ3n) is 3.22. The van der Waals surface area contributed by atoms with Gasteiger partial charge in [0, 0.05) is 12.1 Å². The molecule has 116 valence electrons. The first-order chi connectivity index (χ1) is 9.90. The van der Waals surface area contributed by atoms with Crippen LogP contribution in [-0.4, -0.2) is 35.2 Å². The van der Waals surface area contributed by atoms with Crippen molar-refractivity contribution >= 4 is 18.0 Å². The van der Waals surface area contributed by atoms with Crippen molar-refractivity contribution in [3.05, 3.63) is 11.3 Å². The van der Waals surface area contributed by atoms with Crippen LogP contribution in [-0.2, 0) is 21.6 Å². The highest BCUT2D eigenvalue weighted by Crippen LogP contribution is 2.35. The average molecular weight is 296 g/mol. The number of rotatable bonds is 3. The van der Waals surface area contributed by atoms with Gasteiger partial charge in [-0.2, -0.15) is 4.68 Å². The van der Waals surface area contributed by atoms with Gasteiger partial charge in [0.1, 0.15) is 0 Å². The molecule has 0 saturated heterocycles. The average Bonchev–Trinajstić information content (AvgIpc) is 2.90. The minimum Gasteiger partial charge on any atom is -0.450 e. The van der Waals surface area contributed by atoms with Crippen LogP contribution in [0.2, 0.25) is 0 Å². The van der Waals surface area contributed by atoms with Crippen LogP contribution in [0, 0.1) is 0 Å². The highest BCUT2D eigenvalue weighted by atomic mass is 16.6. The number of nitrogens with one attached hydrogen (secondary N) is 2. The molecule has 1 aliphatic heterocycles. The zero-order valence-corrected chi connectivity index (χ0v) is 12.6. The first-order valence-electron chi connectivity index (χ1n) is 6.89. The minimum absolute atomic E-state index is 0.252. The zero-order chi connectivity index (χ0) is 15.6. The summed E-state index contributed by atoms with van der Waals surface area (Å²) in [5.41, 5.74) is 1.01. The number of amides is 1. The molecule has 1 amide bonds. The van der Waals surface area contributed by atoms with Gasteiger partial charge in [-0.15, -0.1) is 5.10 Å². The number of fused-ring (bicyclic) bond motifs is 1. The smallest absolute Gasteiger partial charge is 0.435 e. The molecular weight excluding hydrogens is 276 g/mol. The highest BCUT2D eigenvalue weighted by Gasteiger charge is 2.39. The lowest BCUT2D eigenvalue weighted by Crippen LogP contribution is -2.34. The van der Waals surface area contributed by atoms with E-state index in [1.54, 1.807) is 13.8 Å². The molecule has 0 aromatic carbocycles. The zero-order valence-electron chi connectivity index (χ0n) is 12.6. The topological polar surface area (TPSA) is 94.5 Å². The maximum absolute atomic E-state index is 12.0. The van der Waals surface area contributed by atoms with Crippen molar-refractivity contribution in [2.45, 2.75) is 39.8 Å². The van der Waals surface area contributed by atoms with E-state index in [0.29, 0.717) is 18.1 Å². The van der Waals surface area contributed by atoms with Gasteiger partial charge in [-0.25, -0.2) is 9.59 Å². The number of anilines is 1. The Hall–Kier alpha value is -2.09. The van der Waals surface area contributed by atoms with E-state index in [2.05, 4.69) is 15.7 Å². The fraction of sp³-hybridized carbons (Fsp3) is 0.615. The highest BCUT2D eigenvalue weighted by molar-refractivity contribution is 5.85. The summed E-state index contributed by atoms with van der Waals surface area (Å²) in [6.07, 6.45) is -1.17. The van der Waals surface area contributed by atoms with E-state index < -0.39 is 17.7 Å². The lowest BCUT2D eigenvalue weighted by atomic mass is 10.0.